The van der Waals surface area contributed by atoms with Crippen molar-refractivity contribution in [2.45, 2.75) is 31.8 Å². The summed E-state index contributed by atoms with van der Waals surface area (Å²) in [6.07, 6.45) is 3.83. The van der Waals surface area contributed by atoms with E-state index in [9.17, 15) is 4.79 Å². The Morgan fingerprint density at radius 2 is 1.75 bits per heavy atom. The Labute approximate surface area is 195 Å². The van der Waals surface area contributed by atoms with E-state index in [4.69, 9.17) is 0 Å². The molecule has 170 valence electrons. The Bertz CT molecular complexity index is 992. The average Bonchev–Trinajstić information content (AvgIpc) is 3.10. The molecule has 0 amide bonds. The van der Waals surface area contributed by atoms with Crippen molar-refractivity contribution in [2.24, 2.45) is 0 Å². The minimum absolute atomic E-state index is 0.0866. The normalized spacial score (nSPS) is 14.4. The van der Waals surface area contributed by atoms with Crippen LogP contribution in [-0.4, -0.2) is 53.3 Å². The van der Waals surface area contributed by atoms with Crippen molar-refractivity contribution in [3.8, 4) is 11.1 Å². The maximum Gasteiger partial charge on any atom is 0.251 e. The van der Waals surface area contributed by atoms with E-state index in [0.29, 0.717) is 5.16 Å². The van der Waals surface area contributed by atoms with Crippen molar-refractivity contribution in [2.75, 3.05) is 43.4 Å². The molecule has 0 aliphatic carbocycles. The number of aromatic amines is 1. The zero-order valence-electron chi connectivity index (χ0n) is 19.2. The predicted molar refractivity (Wildman–Crippen MR) is 137 cm³/mol. The number of hydrogen-bond donors (Lipinski definition) is 1. The van der Waals surface area contributed by atoms with Gasteiger partial charge in [-0.2, -0.15) is 0 Å². The lowest BCUT2D eigenvalue weighted by Crippen LogP contribution is -2.31. The van der Waals surface area contributed by atoms with E-state index in [0.717, 1.165) is 44.9 Å². The molecule has 0 saturated carbocycles. The third-order valence-corrected chi connectivity index (χ3v) is 6.39. The van der Waals surface area contributed by atoms with Crippen molar-refractivity contribution in [1.29, 1.82) is 0 Å². The molecule has 1 aliphatic heterocycles. The van der Waals surface area contributed by atoms with E-state index in [-0.39, 0.29) is 5.56 Å². The molecular formula is C26H34N4OS. The zero-order chi connectivity index (χ0) is 22.6. The molecule has 2 heterocycles. The summed E-state index contributed by atoms with van der Waals surface area (Å²) < 4.78 is 0. The third kappa shape index (κ3) is 7.24. The van der Waals surface area contributed by atoms with E-state index in [1.165, 1.54) is 29.3 Å². The van der Waals surface area contributed by atoms with Gasteiger partial charge in [-0.25, -0.2) is 4.98 Å². The lowest BCUT2D eigenvalue weighted by atomic mass is 10.0. The highest BCUT2D eigenvalue weighted by Crippen LogP contribution is 2.25. The third-order valence-electron chi connectivity index (χ3n) is 5.41. The number of thioether (sulfide) groups is 1. The Morgan fingerprint density at radius 3 is 2.56 bits per heavy atom. The molecule has 1 N–H and O–H groups in total. The van der Waals surface area contributed by atoms with Crippen molar-refractivity contribution in [3.05, 3.63) is 77.2 Å². The summed E-state index contributed by atoms with van der Waals surface area (Å²) in [5.41, 5.74) is 3.77. The molecule has 1 aromatic heterocycles. The molecule has 0 unspecified atom stereocenters. The molecule has 4 rings (SSSR count). The summed E-state index contributed by atoms with van der Waals surface area (Å²) >= 11 is 1.62. The Morgan fingerprint density at radius 1 is 0.938 bits per heavy atom. The first kappa shape index (κ1) is 24.1. The van der Waals surface area contributed by atoms with Crippen molar-refractivity contribution >= 4 is 17.4 Å². The van der Waals surface area contributed by atoms with Gasteiger partial charge in [-0.1, -0.05) is 68.1 Å². The minimum atomic E-state index is -0.0866. The second-order valence-corrected chi connectivity index (χ2v) is 8.62. The van der Waals surface area contributed by atoms with Gasteiger partial charge in [0, 0.05) is 43.3 Å². The number of nitrogens with one attached hydrogen (secondary N) is 1. The first-order chi connectivity index (χ1) is 15.8. The Kier molecular flexibility index (Phi) is 9.85. The van der Waals surface area contributed by atoms with Gasteiger partial charge in [0.2, 0.25) is 0 Å². The monoisotopic (exact) mass is 450 g/mol. The van der Waals surface area contributed by atoms with E-state index >= 15 is 0 Å². The van der Waals surface area contributed by atoms with Crippen LogP contribution in [0.1, 0.15) is 26.7 Å². The standard InChI is InChI=1S/C24H28N4OS.C2H6/c29-23-11-12-25-24(26-23)30-18-6-14-27-13-5-15-28(17-16-27)22-10-4-9-21(19-22)20-7-2-1-3-8-20;1-2/h1-4,7-12,19H,5-6,13-18H2,(H,25,26,29);1-2H3. The summed E-state index contributed by atoms with van der Waals surface area (Å²) in [6, 6.07) is 20.9. The van der Waals surface area contributed by atoms with Crippen molar-refractivity contribution in [3.63, 3.8) is 0 Å². The average molecular weight is 451 g/mol. The second kappa shape index (κ2) is 13.1. The lowest BCUT2D eigenvalue weighted by Gasteiger charge is -2.24. The van der Waals surface area contributed by atoms with Gasteiger partial charge in [0.25, 0.3) is 5.56 Å². The first-order valence-corrected chi connectivity index (χ1v) is 12.6. The van der Waals surface area contributed by atoms with E-state index in [1.807, 2.05) is 13.8 Å². The summed E-state index contributed by atoms with van der Waals surface area (Å²) in [5.74, 6) is 0.965. The summed E-state index contributed by atoms with van der Waals surface area (Å²) in [7, 11) is 0. The number of anilines is 1. The van der Waals surface area contributed by atoms with Gasteiger partial charge >= 0.3 is 0 Å². The summed E-state index contributed by atoms with van der Waals surface area (Å²) in [4.78, 5) is 23.4. The van der Waals surface area contributed by atoms with Crippen LogP contribution < -0.4 is 10.5 Å². The van der Waals surface area contributed by atoms with Gasteiger partial charge in [0.1, 0.15) is 0 Å². The molecule has 1 fully saturated rings. The molecule has 0 spiro atoms. The molecule has 2 aromatic carbocycles. The van der Waals surface area contributed by atoms with Gasteiger partial charge in [-0.15, -0.1) is 0 Å². The van der Waals surface area contributed by atoms with Crippen LogP contribution in [0.4, 0.5) is 5.69 Å². The van der Waals surface area contributed by atoms with Crippen LogP contribution in [0.25, 0.3) is 11.1 Å². The molecule has 0 atom stereocenters. The predicted octanol–water partition coefficient (Wildman–Crippen LogP) is 5.16. The molecule has 5 nitrogen and oxygen atoms in total. The topological polar surface area (TPSA) is 52.2 Å². The van der Waals surface area contributed by atoms with Crippen LogP contribution >= 0.6 is 11.8 Å². The highest BCUT2D eigenvalue weighted by Gasteiger charge is 2.15. The Balaban J connectivity index is 0.00000141. The number of benzene rings is 2. The van der Waals surface area contributed by atoms with E-state index in [1.54, 1.807) is 18.0 Å². The number of hydrogen-bond acceptors (Lipinski definition) is 5. The molecular weight excluding hydrogens is 416 g/mol. The molecule has 0 radical (unpaired) electrons. The van der Waals surface area contributed by atoms with Gasteiger partial charge in [-0.05, 0) is 49.2 Å². The van der Waals surface area contributed by atoms with E-state index < -0.39 is 0 Å². The quantitative estimate of drug-likeness (QED) is 0.306. The SMILES string of the molecule is CC.O=c1ccnc(SCCCN2CCCN(c3cccc(-c4ccccc4)c3)CC2)[nH]1. The number of rotatable bonds is 7. The largest absolute Gasteiger partial charge is 0.370 e. The van der Waals surface area contributed by atoms with Gasteiger partial charge in [0.05, 0.1) is 0 Å². The molecule has 1 saturated heterocycles. The molecule has 1 aliphatic rings. The van der Waals surface area contributed by atoms with Crippen LogP contribution in [0.15, 0.2) is 76.8 Å². The van der Waals surface area contributed by atoms with Gasteiger partial charge in [0.15, 0.2) is 5.16 Å². The number of nitrogens with zero attached hydrogens (tertiary/aromatic N) is 3. The van der Waals surface area contributed by atoms with Crippen LogP contribution in [-0.2, 0) is 0 Å². The number of aromatic nitrogens is 2. The minimum Gasteiger partial charge on any atom is -0.370 e. The molecule has 32 heavy (non-hydrogen) atoms. The molecule has 0 bridgehead atoms. The van der Waals surface area contributed by atoms with E-state index in [2.05, 4.69) is 74.4 Å². The summed E-state index contributed by atoms with van der Waals surface area (Å²) in [5, 5.41) is 0.711. The first-order valence-electron chi connectivity index (χ1n) is 11.6. The second-order valence-electron chi connectivity index (χ2n) is 7.54. The van der Waals surface area contributed by atoms with Crippen LogP contribution in [0.3, 0.4) is 0 Å². The molecule has 3 aromatic rings. The smallest absolute Gasteiger partial charge is 0.251 e. The summed E-state index contributed by atoms with van der Waals surface area (Å²) in [6.45, 7) is 9.46. The maximum absolute atomic E-state index is 11.3. The van der Waals surface area contributed by atoms with Gasteiger partial charge in [-0.3, -0.25) is 4.79 Å². The lowest BCUT2D eigenvalue weighted by molar-refractivity contribution is 0.295. The fourth-order valence-corrected chi connectivity index (χ4v) is 4.62. The van der Waals surface area contributed by atoms with Gasteiger partial charge < -0.3 is 14.8 Å². The fraction of sp³-hybridized carbons (Fsp3) is 0.385. The highest BCUT2D eigenvalue weighted by molar-refractivity contribution is 7.99. The fourth-order valence-electron chi connectivity index (χ4n) is 3.85. The van der Waals surface area contributed by atoms with Crippen molar-refractivity contribution < 1.29 is 0 Å². The molecule has 6 heteroatoms. The number of H-pyrrole nitrogens is 1. The van der Waals surface area contributed by atoms with Crippen LogP contribution in [0.2, 0.25) is 0 Å². The Hall–Kier alpha value is -2.57. The van der Waals surface area contributed by atoms with Crippen LogP contribution in [0.5, 0.6) is 0 Å². The maximum atomic E-state index is 11.3. The highest BCUT2D eigenvalue weighted by atomic mass is 32.2. The van der Waals surface area contributed by atoms with Crippen molar-refractivity contribution in [1.82, 2.24) is 14.9 Å². The van der Waals surface area contributed by atoms with Crippen LogP contribution in [0, 0.1) is 0 Å². The zero-order valence-corrected chi connectivity index (χ0v) is 20.0.